The zero-order valence-corrected chi connectivity index (χ0v) is 20.1. The predicted molar refractivity (Wildman–Crippen MR) is 134 cm³/mol. The maximum absolute atomic E-state index is 13.3. The molecular weight excluding hydrogens is 474 g/mol. The van der Waals surface area contributed by atoms with Crippen LogP contribution in [0.2, 0.25) is 5.02 Å². The molecule has 0 unspecified atom stereocenters. The number of carbonyl (C=O) groups is 1. The molecule has 1 atom stereocenters. The Hall–Kier alpha value is -3.43. The largest absolute Gasteiger partial charge is 0.497 e. The molecule has 0 spiro atoms. The number of amides is 1. The van der Waals surface area contributed by atoms with Gasteiger partial charge in [0.2, 0.25) is 5.91 Å². The standard InChI is InChI=1S/C24H22ClN5O3S/c1-3-19(22(31)28-16-8-10-17(33-2)11-9-16)34-24-29-21-20(26-12-13-27-21)23(32)30(24)14-15-6-4-5-7-18(15)25/h4-13,19H,3,14H2,1-2H3,(H,28,31)/t19-/m0/s1. The second-order valence-electron chi connectivity index (χ2n) is 7.34. The van der Waals surface area contributed by atoms with E-state index >= 15 is 0 Å². The van der Waals surface area contributed by atoms with Crippen molar-refractivity contribution in [3.8, 4) is 5.75 Å². The minimum atomic E-state index is -0.499. The number of methoxy groups -OCH3 is 1. The van der Waals surface area contributed by atoms with Crippen LogP contribution in [-0.2, 0) is 11.3 Å². The molecule has 8 nitrogen and oxygen atoms in total. The number of hydrogen-bond acceptors (Lipinski definition) is 7. The van der Waals surface area contributed by atoms with E-state index in [-0.39, 0.29) is 29.2 Å². The molecule has 2 aromatic carbocycles. The number of benzene rings is 2. The summed E-state index contributed by atoms with van der Waals surface area (Å²) in [4.78, 5) is 39.3. The first-order valence-corrected chi connectivity index (χ1v) is 11.8. The van der Waals surface area contributed by atoms with Gasteiger partial charge in [-0.3, -0.25) is 14.2 Å². The maximum atomic E-state index is 13.3. The molecule has 0 saturated heterocycles. The van der Waals surface area contributed by atoms with Crippen LogP contribution in [-0.4, -0.2) is 37.8 Å². The Morgan fingerprint density at radius 2 is 1.88 bits per heavy atom. The highest BCUT2D eigenvalue weighted by Gasteiger charge is 2.23. The zero-order valence-electron chi connectivity index (χ0n) is 18.6. The summed E-state index contributed by atoms with van der Waals surface area (Å²) in [6.07, 6.45) is 3.46. The molecule has 10 heteroatoms. The maximum Gasteiger partial charge on any atom is 0.282 e. The number of anilines is 1. The highest BCUT2D eigenvalue weighted by atomic mass is 35.5. The number of thioether (sulfide) groups is 1. The van der Waals surface area contributed by atoms with Gasteiger partial charge in [-0.05, 0) is 42.3 Å². The Morgan fingerprint density at radius 1 is 1.15 bits per heavy atom. The molecule has 0 saturated carbocycles. The van der Waals surface area contributed by atoms with E-state index in [2.05, 4.69) is 20.3 Å². The average molecular weight is 496 g/mol. The number of nitrogens with one attached hydrogen (secondary N) is 1. The lowest BCUT2D eigenvalue weighted by Crippen LogP contribution is -2.29. The molecule has 174 valence electrons. The second-order valence-corrected chi connectivity index (χ2v) is 8.92. The van der Waals surface area contributed by atoms with Crippen LogP contribution in [0.15, 0.2) is 70.9 Å². The quantitative estimate of drug-likeness (QED) is 0.285. The molecule has 4 rings (SSSR count). The van der Waals surface area contributed by atoms with Gasteiger partial charge < -0.3 is 10.1 Å². The lowest BCUT2D eigenvalue weighted by atomic mass is 10.2. The fraction of sp³-hybridized carbons (Fsp3) is 0.208. The number of carbonyl (C=O) groups excluding carboxylic acids is 1. The number of aromatic nitrogens is 4. The third kappa shape index (κ3) is 5.21. The molecule has 2 heterocycles. The van der Waals surface area contributed by atoms with Gasteiger partial charge in [-0.1, -0.05) is 48.5 Å². The van der Waals surface area contributed by atoms with Gasteiger partial charge in [0, 0.05) is 23.1 Å². The summed E-state index contributed by atoms with van der Waals surface area (Å²) in [6.45, 7) is 2.10. The van der Waals surface area contributed by atoms with E-state index in [1.807, 2.05) is 25.1 Å². The second kappa shape index (κ2) is 10.7. The lowest BCUT2D eigenvalue weighted by molar-refractivity contribution is -0.115. The topological polar surface area (TPSA) is 99.0 Å². The van der Waals surface area contributed by atoms with Crippen molar-refractivity contribution in [3.63, 3.8) is 0 Å². The predicted octanol–water partition coefficient (Wildman–Crippen LogP) is 4.41. The van der Waals surface area contributed by atoms with Gasteiger partial charge in [0.15, 0.2) is 16.3 Å². The van der Waals surface area contributed by atoms with Crippen molar-refractivity contribution in [2.75, 3.05) is 12.4 Å². The van der Waals surface area contributed by atoms with Crippen molar-refractivity contribution in [3.05, 3.63) is 81.9 Å². The van der Waals surface area contributed by atoms with Crippen molar-refractivity contribution < 1.29 is 9.53 Å². The van der Waals surface area contributed by atoms with Crippen LogP contribution in [0.25, 0.3) is 11.2 Å². The molecular formula is C24H22ClN5O3S. The highest BCUT2D eigenvalue weighted by Crippen LogP contribution is 2.27. The summed E-state index contributed by atoms with van der Waals surface area (Å²) < 4.78 is 6.65. The number of fused-ring (bicyclic) bond motifs is 1. The minimum Gasteiger partial charge on any atom is -0.497 e. The van der Waals surface area contributed by atoms with Crippen molar-refractivity contribution in [1.82, 2.24) is 19.5 Å². The number of rotatable bonds is 8. The normalized spacial score (nSPS) is 11.9. The highest BCUT2D eigenvalue weighted by molar-refractivity contribution is 8.00. The molecule has 0 bridgehead atoms. The molecule has 1 amide bonds. The lowest BCUT2D eigenvalue weighted by Gasteiger charge is -2.18. The number of hydrogen-bond donors (Lipinski definition) is 1. The molecule has 0 aliphatic carbocycles. The molecule has 0 fully saturated rings. The van der Waals surface area contributed by atoms with Crippen LogP contribution < -0.4 is 15.6 Å². The van der Waals surface area contributed by atoms with Gasteiger partial charge in [0.25, 0.3) is 5.56 Å². The summed E-state index contributed by atoms with van der Waals surface area (Å²) in [6, 6.07) is 14.4. The van der Waals surface area contributed by atoms with E-state index in [9.17, 15) is 9.59 Å². The number of halogens is 1. The third-order valence-corrected chi connectivity index (χ3v) is 6.84. The van der Waals surface area contributed by atoms with E-state index in [1.54, 1.807) is 37.4 Å². The van der Waals surface area contributed by atoms with Gasteiger partial charge in [-0.15, -0.1) is 0 Å². The van der Waals surface area contributed by atoms with Crippen molar-refractivity contribution in [2.24, 2.45) is 0 Å². The van der Waals surface area contributed by atoms with Crippen molar-refractivity contribution in [1.29, 1.82) is 0 Å². The number of nitrogens with zero attached hydrogens (tertiary/aromatic N) is 4. The Kier molecular flexibility index (Phi) is 7.44. The summed E-state index contributed by atoms with van der Waals surface area (Å²) >= 11 is 7.56. The van der Waals surface area contributed by atoms with E-state index in [1.165, 1.54) is 28.7 Å². The van der Waals surface area contributed by atoms with Crippen LogP contribution in [0.5, 0.6) is 5.75 Å². The van der Waals surface area contributed by atoms with Gasteiger partial charge >= 0.3 is 0 Å². The molecule has 1 N–H and O–H groups in total. The first-order chi connectivity index (χ1) is 16.5. The van der Waals surface area contributed by atoms with Crippen molar-refractivity contribution in [2.45, 2.75) is 30.3 Å². The van der Waals surface area contributed by atoms with Gasteiger partial charge in [-0.25, -0.2) is 15.0 Å². The summed E-state index contributed by atoms with van der Waals surface area (Å²) in [5, 5.41) is 3.32. The molecule has 0 radical (unpaired) electrons. The monoisotopic (exact) mass is 495 g/mol. The average Bonchev–Trinajstić information content (AvgIpc) is 2.86. The van der Waals surface area contributed by atoms with Crippen LogP contribution in [0.3, 0.4) is 0 Å². The summed E-state index contributed by atoms with van der Waals surface area (Å²) in [5.74, 6) is 0.500. The van der Waals surface area contributed by atoms with Crippen LogP contribution in [0, 0.1) is 0 Å². The first kappa shape index (κ1) is 23.7. The number of ether oxygens (including phenoxy) is 1. The van der Waals surface area contributed by atoms with E-state index in [4.69, 9.17) is 16.3 Å². The molecule has 2 aromatic heterocycles. The Bertz CT molecular complexity index is 1380. The summed E-state index contributed by atoms with van der Waals surface area (Å²) in [7, 11) is 1.58. The van der Waals surface area contributed by atoms with Crippen LogP contribution in [0.4, 0.5) is 5.69 Å². The fourth-order valence-electron chi connectivity index (χ4n) is 3.30. The van der Waals surface area contributed by atoms with E-state index in [0.717, 1.165) is 5.56 Å². The van der Waals surface area contributed by atoms with Gasteiger partial charge in [0.05, 0.1) is 18.9 Å². The van der Waals surface area contributed by atoms with Crippen molar-refractivity contribution >= 4 is 46.1 Å². The minimum absolute atomic E-state index is 0.162. The van der Waals surface area contributed by atoms with E-state index in [0.29, 0.717) is 28.0 Å². The molecule has 0 aliphatic rings. The van der Waals surface area contributed by atoms with Gasteiger partial charge in [-0.2, -0.15) is 0 Å². The van der Waals surface area contributed by atoms with E-state index < -0.39 is 5.25 Å². The smallest absolute Gasteiger partial charge is 0.282 e. The van der Waals surface area contributed by atoms with Crippen LogP contribution >= 0.6 is 23.4 Å². The Balaban J connectivity index is 1.67. The Morgan fingerprint density at radius 3 is 2.59 bits per heavy atom. The fourth-order valence-corrected chi connectivity index (χ4v) is 4.50. The SMILES string of the molecule is CC[C@H](Sc1nc2nccnc2c(=O)n1Cc1ccccc1Cl)C(=O)Nc1ccc(OC)cc1. The molecule has 0 aliphatic heterocycles. The molecule has 34 heavy (non-hydrogen) atoms. The third-order valence-electron chi connectivity index (χ3n) is 5.11. The van der Waals surface area contributed by atoms with Crippen LogP contribution in [0.1, 0.15) is 18.9 Å². The molecule has 4 aromatic rings. The zero-order chi connectivity index (χ0) is 24.1. The first-order valence-electron chi connectivity index (χ1n) is 10.6. The Labute approximate surface area is 205 Å². The summed E-state index contributed by atoms with van der Waals surface area (Å²) in [5.41, 5.74) is 1.46. The van der Waals surface area contributed by atoms with Gasteiger partial charge in [0.1, 0.15) is 5.75 Å².